The molecule has 2 aliphatic heterocycles. The van der Waals surface area contributed by atoms with Crippen LogP contribution in [0.15, 0.2) is 60.7 Å². The topological polar surface area (TPSA) is 0 Å². The molecule has 2 saturated carbocycles. The van der Waals surface area contributed by atoms with Crippen molar-refractivity contribution in [3.8, 4) is 0 Å². The molecule has 2 atom stereocenters. The summed E-state index contributed by atoms with van der Waals surface area (Å²) in [6.07, 6.45) is 17.1. The molecule has 0 N–H and O–H groups in total. The maximum Gasteiger partial charge on any atom is 0.129 e. The van der Waals surface area contributed by atoms with Crippen LogP contribution in [0.3, 0.4) is 0 Å². The zero-order chi connectivity index (χ0) is 32.7. The first-order valence-corrected chi connectivity index (χ1v) is 19.5. The van der Waals surface area contributed by atoms with E-state index in [0.29, 0.717) is 0 Å². The van der Waals surface area contributed by atoms with Gasteiger partial charge in [0.1, 0.15) is 52.4 Å². The minimum atomic E-state index is 0. The molecule has 272 valence electrons. The summed E-state index contributed by atoms with van der Waals surface area (Å²) in [6.45, 7) is 15.8. The van der Waals surface area contributed by atoms with Crippen molar-refractivity contribution in [3.05, 3.63) is 71.8 Å². The molecular weight excluding hydrogens is 720 g/mol. The van der Waals surface area contributed by atoms with Gasteiger partial charge in [0.05, 0.1) is 52.4 Å². The van der Waals surface area contributed by atoms with Gasteiger partial charge in [-0.15, -0.1) is 0 Å². The van der Waals surface area contributed by atoms with Crippen molar-refractivity contribution in [1.29, 1.82) is 0 Å². The lowest BCUT2D eigenvalue weighted by Gasteiger charge is -2.52. The Labute approximate surface area is 317 Å². The number of hydrogen-bond acceptors (Lipinski definition) is 0. The SMILES string of the molecule is CC(Cc1ccccc1)[N+]1(C)CC[N+](C)(C2CCCCC2)CC1.CC(Cc1ccccc1)[N+]1(C)CC[N+](C)(C2CCCCC2)CC1.[Br-].[Br-]. The molecular formula is C42H72Br2N4+2. The van der Waals surface area contributed by atoms with Crippen LogP contribution in [0, 0.1) is 0 Å². The first kappa shape index (κ1) is 41.7. The Bertz CT molecular complexity index is 1070. The fraction of sp³-hybridized carbons (Fsp3) is 0.714. The number of hydrogen-bond donors (Lipinski definition) is 0. The Kier molecular flexibility index (Phi) is 16.2. The zero-order valence-corrected chi connectivity index (χ0v) is 34.9. The quantitative estimate of drug-likeness (QED) is 0.358. The zero-order valence-electron chi connectivity index (χ0n) is 31.8. The second kappa shape index (κ2) is 18.6. The first-order valence-electron chi connectivity index (χ1n) is 19.5. The van der Waals surface area contributed by atoms with Crippen molar-refractivity contribution in [2.24, 2.45) is 0 Å². The highest BCUT2D eigenvalue weighted by molar-refractivity contribution is 5.16. The van der Waals surface area contributed by atoms with Gasteiger partial charge < -0.3 is 51.9 Å². The highest BCUT2D eigenvalue weighted by Crippen LogP contribution is 2.32. The van der Waals surface area contributed by atoms with Crippen LogP contribution in [0.2, 0.25) is 0 Å². The lowest BCUT2D eigenvalue weighted by Crippen LogP contribution is -3.00. The van der Waals surface area contributed by atoms with E-state index in [1.54, 1.807) is 0 Å². The van der Waals surface area contributed by atoms with Crippen LogP contribution in [0.4, 0.5) is 0 Å². The first-order chi connectivity index (χ1) is 22.0. The molecule has 0 aromatic heterocycles. The van der Waals surface area contributed by atoms with E-state index in [0.717, 1.165) is 24.2 Å². The number of nitrogens with zero attached hydrogens (tertiary/aromatic N) is 4. The van der Waals surface area contributed by atoms with Crippen LogP contribution >= 0.6 is 0 Å². The van der Waals surface area contributed by atoms with Gasteiger partial charge in [0, 0.05) is 12.8 Å². The molecule has 6 rings (SSSR count). The van der Waals surface area contributed by atoms with E-state index < -0.39 is 0 Å². The average Bonchev–Trinajstić information content (AvgIpc) is 3.10. The summed E-state index contributed by atoms with van der Waals surface area (Å²) in [5.74, 6) is 0. The number of likely N-dealkylation sites (N-methyl/N-ethyl adjacent to an activating group) is 4. The molecule has 2 heterocycles. The standard InChI is InChI=1S/2C21H36N2.2BrH/c2*1-19(18-20-10-6-4-7-11-20)22(2)14-16-23(3,17-15-22)21-12-8-5-9-13-21;;/h2*4,6-7,10-11,19,21H,5,8-9,12-18H2,1-3H3;2*1H/q2*+2;;/p-2. The van der Waals surface area contributed by atoms with Crippen molar-refractivity contribution in [2.75, 3.05) is 80.5 Å². The molecule has 0 radical (unpaired) electrons. The van der Waals surface area contributed by atoms with E-state index in [-0.39, 0.29) is 34.0 Å². The van der Waals surface area contributed by atoms with Crippen molar-refractivity contribution in [1.82, 2.24) is 0 Å². The number of piperazine rings is 2. The predicted octanol–water partition coefficient (Wildman–Crippen LogP) is 1.72. The number of halogens is 2. The fourth-order valence-electron chi connectivity index (χ4n) is 9.65. The molecule has 0 amide bonds. The Morgan fingerprint density at radius 2 is 0.750 bits per heavy atom. The highest BCUT2D eigenvalue weighted by atomic mass is 79.9. The third-order valence-corrected chi connectivity index (χ3v) is 14.3. The van der Waals surface area contributed by atoms with Gasteiger partial charge in [-0.1, -0.05) is 73.5 Å². The summed E-state index contributed by atoms with van der Waals surface area (Å²) < 4.78 is 5.22. The fourth-order valence-corrected chi connectivity index (χ4v) is 9.65. The molecule has 4 nitrogen and oxygen atoms in total. The minimum absolute atomic E-state index is 0. The molecule has 2 aromatic rings. The predicted molar refractivity (Wildman–Crippen MR) is 197 cm³/mol. The summed E-state index contributed by atoms with van der Waals surface area (Å²) >= 11 is 0. The third-order valence-electron chi connectivity index (χ3n) is 14.3. The molecule has 2 aromatic carbocycles. The van der Waals surface area contributed by atoms with Gasteiger partial charge in [0.2, 0.25) is 0 Å². The van der Waals surface area contributed by atoms with E-state index >= 15 is 0 Å². The molecule has 2 aliphatic carbocycles. The monoisotopic (exact) mass is 790 g/mol. The van der Waals surface area contributed by atoms with Crippen molar-refractivity contribution in [2.45, 2.75) is 115 Å². The number of benzene rings is 2. The lowest BCUT2D eigenvalue weighted by atomic mass is 9.91. The molecule has 4 fully saturated rings. The van der Waals surface area contributed by atoms with Gasteiger partial charge in [0.15, 0.2) is 0 Å². The molecule has 0 spiro atoms. The average molecular weight is 793 g/mol. The van der Waals surface area contributed by atoms with Gasteiger partial charge >= 0.3 is 0 Å². The molecule has 6 heteroatoms. The Balaban J connectivity index is 0.000000250. The normalized spacial score (nSPS) is 32.8. The van der Waals surface area contributed by atoms with Gasteiger partial charge in [-0.2, -0.15) is 0 Å². The van der Waals surface area contributed by atoms with Crippen LogP contribution in [0.1, 0.15) is 89.2 Å². The Hall–Kier alpha value is -0.760. The highest BCUT2D eigenvalue weighted by Gasteiger charge is 2.45. The van der Waals surface area contributed by atoms with Crippen LogP contribution in [0.25, 0.3) is 0 Å². The Morgan fingerprint density at radius 3 is 1.04 bits per heavy atom. The third kappa shape index (κ3) is 10.6. The molecule has 2 saturated heterocycles. The van der Waals surface area contributed by atoms with E-state index in [4.69, 9.17) is 0 Å². The lowest BCUT2D eigenvalue weighted by molar-refractivity contribution is -1.04. The van der Waals surface area contributed by atoms with Crippen LogP contribution in [-0.2, 0) is 12.8 Å². The largest absolute Gasteiger partial charge is 1.00 e. The van der Waals surface area contributed by atoms with Crippen LogP contribution in [0.5, 0.6) is 0 Å². The van der Waals surface area contributed by atoms with E-state index in [1.807, 2.05) is 0 Å². The maximum absolute atomic E-state index is 2.54. The van der Waals surface area contributed by atoms with E-state index in [2.05, 4.69) is 103 Å². The maximum atomic E-state index is 2.54. The molecule has 4 aliphatic rings. The van der Waals surface area contributed by atoms with Crippen LogP contribution < -0.4 is 34.0 Å². The molecule has 0 bridgehead atoms. The van der Waals surface area contributed by atoms with Gasteiger partial charge in [-0.25, -0.2) is 0 Å². The summed E-state index contributed by atoms with van der Waals surface area (Å²) in [5, 5.41) is 0. The number of quaternary nitrogens is 4. The van der Waals surface area contributed by atoms with Gasteiger partial charge in [-0.05, 0) is 76.3 Å². The Morgan fingerprint density at radius 1 is 0.458 bits per heavy atom. The summed E-state index contributed by atoms with van der Waals surface area (Å²) in [4.78, 5) is 0. The summed E-state index contributed by atoms with van der Waals surface area (Å²) in [5.41, 5.74) is 2.99. The summed E-state index contributed by atoms with van der Waals surface area (Å²) in [7, 11) is 10.1. The van der Waals surface area contributed by atoms with Crippen molar-refractivity contribution < 1.29 is 51.9 Å². The van der Waals surface area contributed by atoms with Gasteiger partial charge in [0.25, 0.3) is 0 Å². The van der Waals surface area contributed by atoms with Crippen molar-refractivity contribution in [3.63, 3.8) is 0 Å². The van der Waals surface area contributed by atoms with Gasteiger partial charge in [-0.3, -0.25) is 0 Å². The number of rotatable bonds is 8. The molecule has 48 heavy (non-hydrogen) atoms. The second-order valence-corrected chi connectivity index (χ2v) is 17.4. The second-order valence-electron chi connectivity index (χ2n) is 17.4. The van der Waals surface area contributed by atoms with Crippen molar-refractivity contribution >= 4 is 0 Å². The summed E-state index contributed by atoms with van der Waals surface area (Å²) in [6, 6.07) is 25.4. The molecule has 2 unspecified atom stereocenters. The minimum Gasteiger partial charge on any atom is -1.00 e. The smallest absolute Gasteiger partial charge is 0.129 e. The van der Waals surface area contributed by atoms with E-state index in [1.165, 1.54) is 158 Å². The van der Waals surface area contributed by atoms with E-state index in [9.17, 15) is 0 Å². The van der Waals surface area contributed by atoms with Crippen LogP contribution in [-0.4, -0.2) is 123 Å².